The van der Waals surface area contributed by atoms with E-state index in [9.17, 15) is 4.79 Å². The van der Waals surface area contributed by atoms with Crippen LogP contribution in [-0.4, -0.2) is 62.8 Å². The molecule has 1 aliphatic rings. The SMILES string of the molecule is CN=C(NCc1ccc(Cn2ccnc2)cc1)N1CCN(c2cnn(C)c2)C(=O)C1. The van der Waals surface area contributed by atoms with E-state index in [2.05, 4.69) is 44.7 Å². The number of imidazole rings is 1. The van der Waals surface area contributed by atoms with Gasteiger partial charge in [0.1, 0.15) is 6.54 Å². The van der Waals surface area contributed by atoms with Crippen molar-refractivity contribution in [2.75, 3.05) is 31.6 Å². The van der Waals surface area contributed by atoms with Gasteiger partial charge in [0.15, 0.2) is 5.96 Å². The highest BCUT2D eigenvalue weighted by Gasteiger charge is 2.27. The van der Waals surface area contributed by atoms with E-state index in [1.54, 1.807) is 29.0 Å². The lowest BCUT2D eigenvalue weighted by Gasteiger charge is -2.35. The number of hydrogen-bond donors (Lipinski definition) is 1. The number of carbonyl (C=O) groups excluding carboxylic acids is 1. The van der Waals surface area contributed by atoms with Crippen LogP contribution in [0.15, 0.2) is 60.4 Å². The molecule has 3 aromatic rings. The first-order valence-corrected chi connectivity index (χ1v) is 9.90. The van der Waals surface area contributed by atoms with E-state index in [0.29, 0.717) is 26.2 Å². The molecule has 1 aliphatic heterocycles. The van der Waals surface area contributed by atoms with Crippen molar-refractivity contribution in [1.82, 2.24) is 29.5 Å². The number of benzene rings is 1. The van der Waals surface area contributed by atoms with Crippen molar-refractivity contribution in [3.63, 3.8) is 0 Å². The summed E-state index contributed by atoms with van der Waals surface area (Å²) >= 11 is 0. The van der Waals surface area contributed by atoms with E-state index < -0.39 is 0 Å². The second kappa shape index (κ2) is 8.81. The molecule has 1 fully saturated rings. The molecule has 1 N–H and O–H groups in total. The summed E-state index contributed by atoms with van der Waals surface area (Å²) in [6.45, 7) is 3.06. The van der Waals surface area contributed by atoms with Gasteiger partial charge in [-0.3, -0.25) is 14.5 Å². The molecule has 1 saturated heterocycles. The summed E-state index contributed by atoms with van der Waals surface area (Å²) in [5, 5.41) is 7.53. The number of aliphatic imine (C=N–C) groups is 1. The maximum Gasteiger partial charge on any atom is 0.246 e. The molecular weight excluding hydrogens is 380 g/mol. The molecule has 0 aliphatic carbocycles. The van der Waals surface area contributed by atoms with E-state index in [-0.39, 0.29) is 5.91 Å². The third-order valence-corrected chi connectivity index (χ3v) is 5.13. The molecule has 0 radical (unpaired) electrons. The first-order valence-electron chi connectivity index (χ1n) is 9.90. The lowest BCUT2D eigenvalue weighted by Crippen LogP contribution is -2.55. The van der Waals surface area contributed by atoms with E-state index >= 15 is 0 Å². The monoisotopic (exact) mass is 406 g/mol. The number of nitrogens with one attached hydrogen (secondary N) is 1. The van der Waals surface area contributed by atoms with Gasteiger partial charge in [-0.05, 0) is 11.1 Å². The number of amides is 1. The first kappa shape index (κ1) is 19.7. The van der Waals surface area contributed by atoms with Crippen molar-refractivity contribution < 1.29 is 4.79 Å². The van der Waals surface area contributed by atoms with Gasteiger partial charge in [0.05, 0.1) is 18.2 Å². The van der Waals surface area contributed by atoms with Crippen LogP contribution in [-0.2, 0) is 24.9 Å². The Balaban J connectivity index is 1.31. The Bertz CT molecular complexity index is 1010. The molecule has 9 nitrogen and oxygen atoms in total. The fourth-order valence-electron chi connectivity index (χ4n) is 3.54. The predicted molar refractivity (Wildman–Crippen MR) is 115 cm³/mol. The molecule has 0 unspecified atom stereocenters. The Morgan fingerprint density at radius 1 is 1.20 bits per heavy atom. The molecule has 0 saturated carbocycles. The Hall–Kier alpha value is -3.62. The number of piperazine rings is 1. The van der Waals surface area contributed by atoms with Gasteiger partial charge in [0.25, 0.3) is 0 Å². The number of aryl methyl sites for hydroxylation is 1. The first-order chi connectivity index (χ1) is 14.6. The van der Waals surface area contributed by atoms with Crippen LogP contribution in [0.3, 0.4) is 0 Å². The van der Waals surface area contributed by atoms with Crippen molar-refractivity contribution in [2.24, 2.45) is 12.0 Å². The zero-order valence-corrected chi connectivity index (χ0v) is 17.3. The van der Waals surface area contributed by atoms with E-state index in [1.165, 1.54) is 5.56 Å². The molecule has 9 heteroatoms. The molecule has 1 amide bonds. The van der Waals surface area contributed by atoms with Crippen LogP contribution >= 0.6 is 0 Å². The number of nitrogens with zero attached hydrogens (tertiary/aromatic N) is 7. The largest absolute Gasteiger partial charge is 0.352 e. The van der Waals surface area contributed by atoms with E-state index in [4.69, 9.17) is 0 Å². The Morgan fingerprint density at radius 2 is 2.00 bits per heavy atom. The average Bonchev–Trinajstić information content (AvgIpc) is 3.41. The molecule has 0 spiro atoms. The summed E-state index contributed by atoms with van der Waals surface area (Å²) in [4.78, 5) is 24.8. The van der Waals surface area contributed by atoms with Crippen LogP contribution in [0.1, 0.15) is 11.1 Å². The highest BCUT2D eigenvalue weighted by molar-refractivity contribution is 5.98. The van der Waals surface area contributed by atoms with Crippen LogP contribution in [0.2, 0.25) is 0 Å². The molecule has 4 rings (SSSR count). The maximum atomic E-state index is 12.6. The number of carbonyl (C=O) groups is 1. The Morgan fingerprint density at radius 3 is 2.63 bits per heavy atom. The molecule has 0 bridgehead atoms. The van der Waals surface area contributed by atoms with Crippen molar-refractivity contribution in [2.45, 2.75) is 13.1 Å². The minimum absolute atomic E-state index is 0.0426. The third kappa shape index (κ3) is 4.51. The van der Waals surface area contributed by atoms with Crippen molar-refractivity contribution in [1.29, 1.82) is 0 Å². The number of rotatable bonds is 5. The molecule has 156 valence electrons. The molecular formula is C21H26N8O. The van der Waals surface area contributed by atoms with Crippen LogP contribution in [0, 0.1) is 0 Å². The molecule has 3 heterocycles. The molecule has 0 atom stereocenters. The van der Waals surface area contributed by atoms with Crippen LogP contribution < -0.4 is 10.2 Å². The molecule has 30 heavy (non-hydrogen) atoms. The second-order valence-corrected chi connectivity index (χ2v) is 7.29. The van der Waals surface area contributed by atoms with Crippen LogP contribution in [0.5, 0.6) is 0 Å². The molecule has 1 aromatic carbocycles. The number of aromatic nitrogens is 4. The number of anilines is 1. The Labute approximate surface area is 175 Å². The minimum Gasteiger partial charge on any atom is -0.352 e. The lowest BCUT2D eigenvalue weighted by molar-refractivity contribution is -0.120. The van der Waals surface area contributed by atoms with Gasteiger partial charge in [-0.25, -0.2) is 4.98 Å². The summed E-state index contributed by atoms with van der Waals surface area (Å²) in [5.41, 5.74) is 3.21. The number of guanidine groups is 1. The van der Waals surface area contributed by atoms with E-state index in [0.717, 1.165) is 23.8 Å². The highest BCUT2D eigenvalue weighted by atomic mass is 16.2. The van der Waals surface area contributed by atoms with Crippen molar-refractivity contribution >= 4 is 17.6 Å². The fourth-order valence-corrected chi connectivity index (χ4v) is 3.54. The Kier molecular flexibility index (Phi) is 5.78. The van der Waals surface area contributed by atoms with Gasteiger partial charge in [0, 0.05) is 58.9 Å². The van der Waals surface area contributed by atoms with Crippen LogP contribution in [0.25, 0.3) is 0 Å². The zero-order valence-electron chi connectivity index (χ0n) is 17.3. The van der Waals surface area contributed by atoms with Crippen LogP contribution in [0.4, 0.5) is 5.69 Å². The maximum absolute atomic E-state index is 12.6. The summed E-state index contributed by atoms with van der Waals surface area (Å²) in [6, 6.07) is 8.46. The summed E-state index contributed by atoms with van der Waals surface area (Å²) in [5.74, 6) is 0.776. The lowest BCUT2D eigenvalue weighted by atomic mass is 10.1. The van der Waals surface area contributed by atoms with Gasteiger partial charge in [-0.2, -0.15) is 5.10 Å². The topological polar surface area (TPSA) is 83.6 Å². The van der Waals surface area contributed by atoms with Gasteiger partial charge in [0.2, 0.25) is 5.91 Å². The summed E-state index contributed by atoms with van der Waals surface area (Å²) in [6.07, 6.45) is 9.13. The third-order valence-electron chi connectivity index (χ3n) is 5.13. The van der Waals surface area contributed by atoms with Crippen molar-refractivity contribution in [3.8, 4) is 0 Å². The van der Waals surface area contributed by atoms with Gasteiger partial charge >= 0.3 is 0 Å². The predicted octanol–water partition coefficient (Wildman–Crippen LogP) is 1.09. The zero-order chi connectivity index (χ0) is 20.9. The summed E-state index contributed by atoms with van der Waals surface area (Å²) in [7, 11) is 3.59. The van der Waals surface area contributed by atoms with E-state index in [1.807, 2.05) is 35.2 Å². The second-order valence-electron chi connectivity index (χ2n) is 7.29. The quantitative estimate of drug-likeness (QED) is 0.507. The number of hydrogen-bond acceptors (Lipinski definition) is 4. The van der Waals surface area contributed by atoms with Gasteiger partial charge < -0.3 is 19.7 Å². The summed E-state index contributed by atoms with van der Waals surface area (Å²) < 4.78 is 3.74. The highest BCUT2D eigenvalue weighted by Crippen LogP contribution is 2.16. The smallest absolute Gasteiger partial charge is 0.246 e. The fraction of sp³-hybridized carbons (Fsp3) is 0.333. The van der Waals surface area contributed by atoms with Gasteiger partial charge in [-0.15, -0.1) is 0 Å². The average molecular weight is 406 g/mol. The minimum atomic E-state index is 0.0426. The van der Waals surface area contributed by atoms with Crippen molar-refractivity contribution in [3.05, 3.63) is 66.5 Å². The normalized spacial score (nSPS) is 15.0. The molecule has 2 aromatic heterocycles. The van der Waals surface area contributed by atoms with Gasteiger partial charge in [-0.1, -0.05) is 24.3 Å². The standard InChI is InChI=1S/C21H26N8O/c1-22-21(28-9-10-29(20(30)15-28)19-12-25-26(2)14-19)24-11-17-3-5-18(6-4-17)13-27-8-7-23-16-27/h3-8,12,14,16H,9-11,13,15H2,1-2H3,(H,22,24).